The number of rotatable bonds is 5. The highest BCUT2D eigenvalue weighted by atomic mass is 32.1. The van der Waals surface area contributed by atoms with Crippen LogP contribution in [-0.2, 0) is 4.79 Å². The lowest BCUT2D eigenvalue weighted by Crippen LogP contribution is -2.07. The van der Waals surface area contributed by atoms with Crippen LogP contribution in [0.1, 0.15) is 4.88 Å². The number of hydrogen-bond acceptors (Lipinski definition) is 4. The molecule has 0 spiro atoms. The first kappa shape index (κ1) is 16.9. The number of aromatic nitrogens is 3. The highest BCUT2D eigenvalue weighted by Gasteiger charge is 2.03. The monoisotopic (exact) mass is 372 g/mol. The van der Waals surface area contributed by atoms with Crippen LogP contribution in [0.2, 0.25) is 0 Å². The molecule has 0 saturated heterocycles. The summed E-state index contributed by atoms with van der Waals surface area (Å²) in [6.45, 7) is 0. The summed E-state index contributed by atoms with van der Waals surface area (Å²) in [4.78, 5) is 18.3. The van der Waals surface area contributed by atoms with Crippen LogP contribution >= 0.6 is 11.3 Å². The molecule has 1 amide bonds. The van der Waals surface area contributed by atoms with Crippen molar-refractivity contribution >= 4 is 29.0 Å². The number of benzene rings is 2. The molecule has 0 saturated carbocycles. The molecule has 132 valence electrons. The van der Waals surface area contributed by atoms with Crippen molar-refractivity contribution < 1.29 is 4.79 Å². The Hall–Kier alpha value is -3.51. The fourth-order valence-corrected chi connectivity index (χ4v) is 3.50. The van der Waals surface area contributed by atoms with Crippen molar-refractivity contribution in [3.63, 3.8) is 0 Å². The topological polar surface area (TPSA) is 59.8 Å². The van der Waals surface area contributed by atoms with Gasteiger partial charge in [0.1, 0.15) is 12.7 Å². The average Bonchev–Trinajstić information content (AvgIpc) is 3.40. The van der Waals surface area contributed by atoms with E-state index in [1.54, 1.807) is 28.4 Å². The molecule has 0 bridgehead atoms. The lowest BCUT2D eigenvalue weighted by Gasteiger charge is -2.04. The second-order valence-corrected chi connectivity index (χ2v) is 6.89. The smallest absolute Gasteiger partial charge is 0.248 e. The minimum atomic E-state index is -0.168. The third kappa shape index (κ3) is 4.19. The van der Waals surface area contributed by atoms with Gasteiger partial charge in [-0.3, -0.25) is 4.79 Å². The summed E-state index contributed by atoms with van der Waals surface area (Å²) in [6, 6.07) is 21.7. The number of thiophene rings is 1. The third-order valence-corrected chi connectivity index (χ3v) is 5.00. The average molecular weight is 372 g/mol. The first-order valence-corrected chi connectivity index (χ1v) is 9.19. The van der Waals surface area contributed by atoms with Crippen LogP contribution in [0.25, 0.3) is 22.2 Å². The highest BCUT2D eigenvalue weighted by Crippen LogP contribution is 2.28. The van der Waals surface area contributed by atoms with Gasteiger partial charge in [0.05, 0.1) is 5.69 Å². The van der Waals surface area contributed by atoms with Crippen LogP contribution in [-0.4, -0.2) is 20.7 Å². The van der Waals surface area contributed by atoms with Crippen LogP contribution in [0.5, 0.6) is 0 Å². The van der Waals surface area contributed by atoms with Gasteiger partial charge in [-0.2, -0.15) is 5.10 Å². The number of hydrogen-bond donors (Lipinski definition) is 1. The number of carbonyl (C=O) groups is 1. The van der Waals surface area contributed by atoms with E-state index < -0.39 is 0 Å². The molecule has 1 N–H and O–H groups in total. The number of carbonyl (C=O) groups excluding carboxylic acids is 1. The van der Waals surface area contributed by atoms with Gasteiger partial charge in [-0.1, -0.05) is 30.3 Å². The Morgan fingerprint density at radius 1 is 1.00 bits per heavy atom. The van der Waals surface area contributed by atoms with Crippen LogP contribution in [0.4, 0.5) is 5.69 Å². The van der Waals surface area contributed by atoms with Crippen molar-refractivity contribution in [2.24, 2.45) is 0 Å². The molecule has 0 atom stereocenters. The summed E-state index contributed by atoms with van der Waals surface area (Å²) >= 11 is 1.65. The number of anilines is 1. The summed E-state index contributed by atoms with van der Waals surface area (Å²) < 4.78 is 1.66. The van der Waals surface area contributed by atoms with Crippen molar-refractivity contribution in [3.8, 4) is 16.1 Å². The maximum atomic E-state index is 12.2. The fourth-order valence-electron chi connectivity index (χ4n) is 2.58. The van der Waals surface area contributed by atoms with E-state index in [2.05, 4.69) is 33.6 Å². The zero-order valence-corrected chi connectivity index (χ0v) is 15.1. The van der Waals surface area contributed by atoms with Crippen LogP contribution in [0.15, 0.2) is 85.5 Å². The Morgan fingerprint density at radius 2 is 1.81 bits per heavy atom. The van der Waals surface area contributed by atoms with Crippen molar-refractivity contribution in [1.82, 2.24) is 14.8 Å². The molecule has 0 unspecified atom stereocenters. The molecular formula is C21H16N4OS. The van der Waals surface area contributed by atoms with Gasteiger partial charge >= 0.3 is 0 Å². The molecule has 2 aromatic heterocycles. The maximum absolute atomic E-state index is 12.2. The second-order valence-electron chi connectivity index (χ2n) is 5.78. The van der Waals surface area contributed by atoms with Crippen molar-refractivity contribution in [2.45, 2.75) is 0 Å². The van der Waals surface area contributed by atoms with E-state index in [1.807, 2.05) is 54.6 Å². The Labute approximate surface area is 160 Å². The lowest BCUT2D eigenvalue weighted by atomic mass is 10.2. The van der Waals surface area contributed by atoms with E-state index in [0.29, 0.717) is 0 Å². The van der Waals surface area contributed by atoms with E-state index in [9.17, 15) is 4.79 Å². The molecule has 0 aliphatic carbocycles. The minimum absolute atomic E-state index is 0.168. The Balaban J connectivity index is 1.38. The molecular weight excluding hydrogens is 356 g/mol. The summed E-state index contributed by atoms with van der Waals surface area (Å²) in [7, 11) is 0. The van der Waals surface area contributed by atoms with Crippen molar-refractivity contribution in [2.75, 3.05) is 5.32 Å². The van der Waals surface area contributed by atoms with Gasteiger partial charge in [0.15, 0.2) is 0 Å². The molecule has 0 radical (unpaired) electrons. The van der Waals surface area contributed by atoms with Gasteiger partial charge < -0.3 is 5.32 Å². The molecule has 2 heterocycles. The van der Waals surface area contributed by atoms with E-state index >= 15 is 0 Å². The zero-order valence-electron chi connectivity index (χ0n) is 14.3. The SMILES string of the molecule is O=C(C=Cc1ccc(-c2ccccc2)s1)Nc1ccc(-n2cncn2)cc1. The molecule has 2 aromatic carbocycles. The highest BCUT2D eigenvalue weighted by molar-refractivity contribution is 7.16. The number of amides is 1. The minimum Gasteiger partial charge on any atom is -0.323 e. The predicted molar refractivity (Wildman–Crippen MR) is 109 cm³/mol. The maximum Gasteiger partial charge on any atom is 0.248 e. The first-order valence-electron chi connectivity index (χ1n) is 8.37. The normalized spacial score (nSPS) is 11.0. The summed E-state index contributed by atoms with van der Waals surface area (Å²) in [5, 5.41) is 6.93. The van der Waals surface area contributed by atoms with E-state index in [4.69, 9.17) is 0 Å². The first-order chi connectivity index (χ1) is 13.3. The van der Waals surface area contributed by atoms with Crippen LogP contribution < -0.4 is 5.32 Å². The lowest BCUT2D eigenvalue weighted by molar-refractivity contribution is -0.111. The Bertz CT molecular complexity index is 1050. The molecule has 5 nitrogen and oxygen atoms in total. The Kier molecular flexibility index (Phi) is 4.89. The molecule has 27 heavy (non-hydrogen) atoms. The zero-order chi connectivity index (χ0) is 18.5. The van der Waals surface area contributed by atoms with Gasteiger partial charge in [0.25, 0.3) is 0 Å². The largest absolute Gasteiger partial charge is 0.323 e. The number of nitrogens with zero attached hydrogens (tertiary/aromatic N) is 3. The van der Waals surface area contributed by atoms with Gasteiger partial charge in [-0.05, 0) is 48.0 Å². The number of nitrogens with one attached hydrogen (secondary N) is 1. The van der Waals surface area contributed by atoms with Crippen molar-refractivity contribution in [3.05, 3.63) is 90.3 Å². The van der Waals surface area contributed by atoms with Crippen molar-refractivity contribution in [1.29, 1.82) is 0 Å². The van der Waals surface area contributed by atoms with Crippen LogP contribution in [0, 0.1) is 0 Å². The summed E-state index contributed by atoms with van der Waals surface area (Å²) in [5.41, 5.74) is 2.79. The third-order valence-electron chi connectivity index (χ3n) is 3.90. The molecule has 6 heteroatoms. The second kappa shape index (κ2) is 7.80. The van der Waals surface area contributed by atoms with E-state index in [1.165, 1.54) is 16.8 Å². The summed E-state index contributed by atoms with van der Waals surface area (Å²) in [6.07, 6.45) is 6.48. The van der Waals surface area contributed by atoms with E-state index in [0.717, 1.165) is 16.3 Å². The van der Waals surface area contributed by atoms with Gasteiger partial charge in [0.2, 0.25) is 5.91 Å². The van der Waals surface area contributed by atoms with Crippen LogP contribution in [0.3, 0.4) is 0 Å². The van der Waals surface area contributed by atoms with Gasteiger partial charge in [-0.15, -0.1) is 11.3 Å². The van der Waals surface area contributed by atoms with Gasteiger partial charge in [-0.25, -0.2) is 9.67 Å². The quantitative estimate of drug-likeness (QED) is 0.519. The molecule has 0 fully saturated rings. The predicted octanol–water partition coefficient (Wildman–Crippen LogP) is 4.65. The summed E-state index contributed by atoms with van der Waals surface area (Å²) in [5.74, 6) is -0.168. The molecule has 0 aliphatic heterocycles. The Morgan fingerprint density at radius 3 is 2.56 bits per heavy atom. The fraction of sp³-hybridized carbons (Fsp3) is 0. The molecule has 4 rings (SSSR count). The van der Waals surface area contributed by atoms with Gasteiger partial charge in [0, 0.05) is 21.5 Å². The molecule has 4 aromatic rings. The molecule has 0 aliphatic rings. The standard InChI is InChI=1S/C21H16N4OS/c26-21(24-17-6-8-18(9-7-17)25-15-22-14-23-25)13-11-19-10-12-20(27-19)16-4-2-1-3-5-16/h1-15H,(H,24,26). The van der Waals surface area contributed by atoms with E-state index in [-0.39, 0.29) is 5.91 Å².